The molecule has 1 aromatic heterocycles. The van der Waals surface area contributed by atoms with Gasteiger partial charge in [0.1, 0.15) is 4.90 Å². The van der Waals surface area contributed by atoms with Crippen molar-refractivity contribution in [1.82, 2.24) is 14.3 Å². The molecule has 1 aliphatic rings. The Morgan fingerprint density at radius 2 is 1.95 bits per heavy atom. The Kier molecular flexibility index (Phi) is 5.13. The highest BCUT2D eigenvalue weighted by atomic mass is 32.2. The van der Waals surface area contributed by atoms with E-state index in [1.807, 2.05) is 6.92 Å². The van der Waals surface area contributed by atoms with Crippen molar-refractivity contribution in [2.75, 3.05) is 25.0 Å². The average molecular weight is 314 g/mol. The number of anilines is 1. The van der Waals surface area contributed by atoms with Crippen molar-refractivity contribution in [2.45, 2.75) is 37.7 Å². The largest absolute Gasteiger partial charge is 0.393 e. The molecule has 1 fully saturated rings. The van der Waals surface area contributed by atoms with Gasteiger partial charge in [0.05, 0.1) is 18.5 Å². The standard InChI is InChI=1S/C13H22N4O3S/c1-3-14-13-15-8-12(9-16-13)21(19,20)17-6-4-11(5-7-17)10(2)18/h8-11,18H,3-7H2,1-2H3,(H,14,15,16). The Hall–Kier alpha value is -1.25. The van der Waals surface area contributed by atoms with Gasteiger partial charge in [-0.15, -0.1) is 0 Å². The van der Waals surface area contributed by atoms with Crippen molar-refractivity contribution in [3.63, 3.8) is 0 Å². The molecule has 1 saturated heterocycles. The molecule has 0 aromatic carbocycles. The summed E-state index contributed by atoms with van der Waals surface area (Å²) < 4.78 is 26.4. The van der Waals surface area contributed by atoms with Crippen LogP contribution in [0.1, 0.15) is 26.7 Å². The molecule has 2 N–H and O–H groups in total. The van der Waals surface area contributed by atoms with Crippen LogP contribution in [0, 0.1) is 5.92 Å². The number of nitrogens with zero attached hydrogens (tertiary/aromatic N) is 3. The number of aromatic nitrogens is 2. The van der Waals surface area contributed by atoms with E-state index in [4.69, 9.17) is 0 Å². The monoisotopic (exact) mass is 314 g/mol. The zero-order chi connectivity index (χ0) is 15.5. The molecule has 1 aromatic rings. The molecular weight excluding hydrogens is 292 g/mol. The zero-order valence-electron chi connectivity index (χ0n) is 12.4. The van der Waals surface area contributed by atoms with Crippen molar-refractivity contribution in [2.24, 2.45) is 5.92 Å². The number of aliphatic hydroxyl groups excluding tert-OH is 1. The number of piperidine rings is 1. The lowest BCUT2D eigenvalue weighted by atomic mass is 9.93. The molecule has 0 radical (unpaired) electrons. The Bertz CT molecular complexity index is 551. The van der Waals surface area contributed by atoms with Gasteiger partial charge in [0.2, 0.25) is 16.0 Å². The van der Waals surface area contributed by atoms with Gasteiger partial charge in [0.25, 0.3) is 0 Å². The summed E-state index contributed by atoms with van der Waals surface area (Å²) in [5.74, 6) is 0.591. The second-order valence-corrected chi connectivity index (χ2v) is 7.19. The van der Waals surface area contributed by atoms with E-state index in [0.717, 1.165) is 0 Å². The summed E-state index contributed by atoms with van der Waals surface area (Å²) in [4.78, 5) is 8.12. The Morgan fingerprint density at radius 3 is 2.43 bits per heavy atom. The topological polar surface area (TPSA) is 95.4 Å². The van der Waals surface area contributed by atoms with Gasteiger partial charge in [-0.05, 0) is 32.6 Å². The molecule has 8 heteroatoms. The van der Waals surface area contributed by atoms with E-state index >= 15 is 0 Å². The van der Waals surface area contributed by atoms with Crippen LogP contribution in [0.15, 0.2) is 17.3 Å². The summed E-state index contributed by atoms with van der Waals surface area (Å²) >= 11 is 0. The van der Waals surface area contributed by atoms with Gasteiger partial charge < -0.3 is 10.4 Å². The predicted molar refractivity (Wildman–Crippen MR) is 79.4 cm³/mol. The fourth-order valence-electron chi connectivity index (χ4n) is 2.45. The van der Waals surface area contributed by atoms with Gasteiger partial charge in [-0.1, -0.05) is 0 Å². The summed E-state index contributed by atoms with van der Waals surface area (Å²) in [5.41, 5.74) is 0. The minimum Gasteiger partial charge on any atom is -0.393 e. The minimum atomic E-state index is -3.54. The van der Waals surface area contributed by atoms with Crippen molar-refractivity contribution in [3.05, 3.63) is 12.4 Å². The van der Waals surface area contributed by atoms with Gasteiger partial charge in [-0.3, -0.25) is 0 Å². The summed E-state index contributed by atoms with van der Waals surface area (Å²) in [6.07, 6.45) is 3.63. The Labute approximate surface area is 125 Å². The molecule has 1 atom stereocenters. The SMILES string of the molecule is CCNc1ncc(S(=O)(=O)N2CCC(C(C)O)CC2)cn1. The van der Waals surface area contributed by atoms with E-state index in [1.165, 1.54) is 16.7 Å². The maximum atomic E-state index is 12.5. The van der Waals surface area contributed by atoms with Crippen molar-refractivity contribution >= 4 is 16.0 Å². The third kappa shape index (κ3) is 3.69. The number of sulfonamides is 1. The van der Waals surface area contributed by atoms with E-state index in [0.29, 0.717) is 38.4 Å². The molecule has 0 spiro atoms. The van der Waals surface area contributed by atoms with Crippen LogP contribution in [0.2, 0.25) is 0 Å². The van der Waals surface area contributed by atoms with E-state index in [-0.39, 0.29) is 10.8 Å². The van der Waals surface area contributed by atoms with Gasteiger partial charge in [0.15, 0.2) is 0 Å². The fraction of sp³-hybridized carbons (Fsp3) is 0.692. The third-order valence-corrected chi connectivity index (χ3v) is 5.63. The predicted octanol–water partition coefficient (Wildman–Crippen LogP) is 0.690. The number of rotatable bonds is 5. The Morgan fingerprint density at radius 1 is 1.38 bits per heavy atom. The lowest BCUT2D eigenvalue weighted by Crippen LogP contribution is -2.40. The zero-order valence-corrected chi connectivity index (χ0v) is 13.2. The van der Waals surface area contributed by atoms with Gasteiger partial charge in [0, 0.05) is 19.6 Å². The summed E-state index contributed by atoms with van der Waals surface area (Å²) in [5, 5.41) is 12.5. The number of aliphatic hydroxyl groups is 1. The van der Waals surface area contributed by atoms with E-state index in [1.54, 1.807) is 6.92 Å². The van der Waals surface area contributed by atoms with Gasteiger partial charge >= 0.3 is 0 Å². The second kappa shape index (κ2) is 6.67. The van der Waals surface area contributed by atoms with Crippen LogP contribution in [0.3, 0.4) is 0 Å². The van der Waals surface area contributed by atoms with Crippen molar-refractivity contribution < 1.29 is 13.5 Å². The minimum absolute atomic E-state index is 0.111. The maximum Gasteiger partial charge on any atom is 0.246 e. The van der Waals surface area contributed by atoms with Crippen LogP contribution in [0.5, 0.6) is 0 Å². The Balaban J connectivity index is 2.08. The van der Waals surface area contributed by atoms with Gasteiger partial charge in [-0.25, -0.2) is 18.4 Å². The second-order valence-electron chi connectivity index (χ2n) is 5.25. The molecule has 0 bridgehead atoms. The van der Waals surface area contributed by atoms with Crippen LogP contribution in [-0.2, 0) is 10.0 Å². The molecule has 118 valence electrons. The maximum absolute atomic E-state index is 12.5. The lowest BCUT2D eigenvalue weighted by Gasteiger charge is -2.32. The number of nitrogens with one attached hydrogen (secondary N) is 1. The quantitative estimate of drug-likeness (QED) is 0.830. The fourth-order valence-corrected chi connectivity index (χ4v) is 3.81. The van der Waals surface area contributed by atoms with Crippen LogP contribution in [0.25, 0.3) is 0 Å². The first kappa shape index (κ1) is 16.1. The smallest absolute Gasteiger partial charge is 0.246 e. The summed E-state index contributed by atoms with van der Waals surface area (Å²) in [6, 6.07) is 0. The first-order valence-corrected chi connectivity index (χ1v) is 8.63. The van der Waals surface area contributed by atoms with Crippen molar-refractivity contribution in [3.8, 4) is 0 Å². The molecule has 21 heavy (non-hydrogen) atoms. The van der Waals surface area contributed by atoms with E-state index in [9.17, 15) is 13.5 Å². The highest BCUT2D eigenvalue weighted by Gasteiger charge is 2.31. The molecule has 0 saturated carbocycles. The van der Waals surface area contributed by atoms with Gasteiger partial charge in [-0.2, -0.15) is 4.31 Å². The molecule has 0 aliphatic carbocycles. The van der Waals surface area contributed by atoms with Crippen LogP contribution < -0.4 is 5.32 Å². The third-order valence-electron chi connectivity index (χ3n) is 3.78. The molecule has 1 aliphatic heterocycles. The number of hydrogen-bond donors (Lipinski definition) is 2. The van der Waals surface area contributed by atoms with Crippen molar-refractivity contribution in [1.29, 1.82) is 0 Å². The summed E-state index contributed by atoms with van der Waals surface area (Å²) in [6.45, 7) is 5.20. The van der Waals surface area contributed by atoms with E-state index in [2.05, 4.69) is 15.3 Å². The lowest BCUT2D eigenvalue weighted by molar-refractivity contribution is 0.0912. The average Bonchev–Trinajstić information content (AvgIpc) is 2.48. The first-order chi connectivity index (χ1) is 9.95. The highest BCUT2D eigenvalue weighted by molar-refractivity contribution is 7.89. The number of hydrogen-bond acceptors (Lipinski definition) is 6. The normalized spacial score (nSPS) is 19.4. The summed E-state index contributed by atoms with van der Waals surface area (Å²) in [7, 11) is -3.54. The van der Waals surface area contributed by atoms with Crippen LogP contribution in [0.4, 0.5) is 5.95 Å². The highest BCUT2D eigenvalue weighted by Crippen LogP contribution is 2.25. The molecular formula is C13H22N4O3S. The van der Waals surface area contributed by atoms with Crippen LogP contribution in [-0.4, -0.2) is 53.5 Å². The molecule has 2 heterocycles. The van der Waals surface area contributed by atoms with Crippen LogP contribution >= 0.6 is 0 Å². The molecule has 2 rings (SSSR count). The molecule has 0 amide bonds. The molecule has 7 nitrogen and oxygen atoms in total. The van der Waals surface area contributed by atoms with E-state index < -0.39 is 16.1 Å². The molecule has 1 unspecified atom stereocenters. The first-order valence-electron chi connectivity index (χ1n) is 7.19.